The van der Waals surface area contributed by atoms with Gasteiger partial charge in [0.05, 0.1) is 0 Å². The van der Waals surface area contributed by atoms with Crippen molar-refractivity contribution in [1.29, 1.82) is 0 Å². The van der Waals surface area contributed by atoms with Gasteiger partial charge in [-0.15, -0.1) is 0 Å². The molecule has 1 heteroatoms. The van der Waals surface area contributed by atoms with Gasteiger partial charge in [0.2, 0.25) is 0 Å². The molecule has 0 fully saturated rings. The Kier molecular flexibility index (Phi) is 8.26. The molecule has 2 aromatic carbocycles. The standard InChI is InChI=1S/C26H32O/c1-5-8-14-24(19-27)25-16-9-12-20(4)26(25)18-22(7-3)23-15-10-13-21(17-23)11-6-2/h9-10,12-19H,5-8,11H2,1-4H3/b22-18+,24-14+. The van der Waals surface area contributed by atoms with Crippen LogP contribution < -0.4 is 0 Å². The lowest BCUT2D eigenvalue weighted by Gasteiger charge is -2.13. The lowest BCUT2D eigenvalue weighted by atomic mass is 9.91. The third-order valence-corrected chi connectivity index (χ3v) is 4.95. The summed E-state index contributed by atoms with van der Waals surface area (Å²) in [5, 5.41) is 0. The van der Waals surface area contributed by atoms with Crippen molar-refractivity contribution in [3.05, 3.63) is 76.4 Å². The van der Waals surface area contributed by atoms with Gasteiger partial charge in [-0.25, -0.2) is 0 Å². The molecule has 0 spiro atoms. The van der Waals surface area contributed by atoms with E-state index in [4.69, 9.17) is 0 Å². The highest BCUT2D eigenvalue weighted by Gasteiger charge is 2.10. The van der Waals surface area contributed by atoms with E-state index in [0.717, 1.165) is 55.1 Å². The van der Waals surface area contributed by atoms with Crippen LogP contribution in [0.4, 0.5) is 0 Å². The van der Waals surface area contributed by atoms with E-state index in [1.807, 2.05) is 6.07 Å². The van der Waals surface area contributed by atoms with Gasteiger partial charge in [0, 0.05) is 5.57 Å². The highest BCUT2D eigenvalue weighted by Crippen LogP contribution is 2.29. The second-order valence-corrected chi connectivity index (χ2v) is 7.08. The summed E-state index contributed by atoms with van der Waals surface area (Å²) in [6.07, 6.45) is 10.5. The fourth-order valence-electron chi connectivity index (χ4n) is 3.42. The van der Waals surface area contributed by atoms with Gasteiger partial charge in [0.25, 0.3) is 0 Å². The maximum absolute atomic E-state index is 11.7. The van der Waals surface area contributed by atoms with Crippen LogP contribution in [0, 0.1) is 6.92 Å². The summed E-state index contributed by atoms with van der Waals surface area (Å²) in [5.74, 6) is 0. The molecule has 142 valence electrons. The van der Waals surface area contributed by atoms with Gasteiger partial charge in [-0.3, -0.25) is 4.79 Å². The zero-order chi connectivity index (χ0) is 19.6. The van der Waals surface area contributed by atoms with Crippen LogP contribution in [0.1, 0.15) is 74.3 Å². The highest BCUT2D eigenvalue weighted by molar-refractivity contribution is 6.09. The Hall–Kier alpha value is -2.41. The van der Waals surface area contributed by atoms with Crippen molar-refractivity contribution in [2.75, 3.05) is 0 Å². The molecule has 2 rings (SSSR count). The summed E-state index contributed by atoms with van der Waals surface area (Å²) in [7, 11) is 0. The summed E-state index contributed by atoms with van der Waals surface area (Å²) in [6.45, 7) is 8.67. The molecule has 0 saturated heterocycles. The molecule has 0 aromatic heterocycles. The SMILES string of the molecule is CCC/C=C(\C=O)c1cccc(C)c1/C=C(\CC)c1cccc(CCC)c1. The summed E-state index contributed by atoms with van der Waals surface area (Å²) < 4.78 is 0. The number of aryl methyl sites for hydroxylation is 2. The quantitative estimate of drug-likeness (QED) is 0.261. The van der Waals surface area contributed by atoms with E-state index in [1.165, 1.54) is 22.3 Å². The molecule has 2 aromatic rings. The van der Waals surface area contributed by atoms with E-state index >= 15 is 0 Å². The first-order valence-electron chi connectivity index (χ1n) is 10.2. The molecule has 0 radical (unpaired) electrons. The number of benzene rings is 2. The highest BCUT2D eigenvalue weighted by atomic mass is 16.1. The fourth-order valence-corrected chi connectivity index (χ4v) is 3.42. The van der Waals surface area contributed by atoms with Gasteiger partial charge in [-0.05, 0) is 59.6 Å². The molecule has 0 unspecified atom stereocenters. The minimum absolute atomic E-state index is 0.794. The van der Waals surface area contributed by atoms with Crippen molar-refractivity contribution in [2.45, 2.75) is 59.8 Å². The molecular formula is C26H32O. The maximum atomic E-state index is 11.7. The first-order valence-corrected chi connectivity index (χ1v) is 10.2. The third kappa shape index (κ3) is 5.53. The molecular weight excluding hydrogens is 328 g/mol. The van der Waals surface area contributed by atoms with E-state index in [0.29, 0.717) is 0 Å². The van der Waals surface area contributed by atoms with E-state index in [1.54, 1.807) is 0 Å². The molecule has 0 N–H and O–H groups in total. The van der Waals surface area contributed by atoms with Crippen LogP contribution >= 0.6 is 0 Å². The van der Waals surface area contributed by atoms with Gasteiger partial charge >= 0.3 is 0 Å². The Labute approximate surface area is 164 Å². The molecule has 0 bridgehead atoms. The second-order valence-electron chi connectivity index (χ2n) is 7.08. The Balaban J connectivity index is 2.55. The van der Waals surface area contributed by atoms with Gasteiger partial charge in [0.1, 0.15) is 6.29 Å². The van der Waals surface area contributed by atoms with Crippen LogP contribution in [0.3, 0.4) is 0 Å². The number of unbranched alkanes of at least 4 members (excludes halogenated alkanes) is 1. The molecule has 0 aliphatic heterocycles. The van der Waals surface area contributed by atoms with Crippen molar-refractivity contribution in [3.63, 3.8) is 0 Å². The van der Waals surface area contributed by atoms with Crippen molar-refractivity contribution < 1.29 is 4.79 Å². The molecule has 0 heterocycles. The molecule has 0 amide bonds. The second kappa shape index (κ2) is 10.7. The third-order valence-electron chi connectivity index (χ3n) is 4.95. The first-order chi connectivity index (χ1) is 13.1. The smallest absolute Gasteiger partial charge is 0.150 e. The Morgan fingerprint density at radius 3 is 2.44 bits per heavy atom. The van der Waals surface area contributed by atoms with Gasteiger partial charge in [0.15, 0.2) is 0 Å². The minimum Gasteiger partial charge on any atom is -0.298 e. The number of aldehydes is 1. The average molecular weight is 361 g/mol. The predicted molar refractivity (Wildman–Crippen MR) is 119 cm³/mol. The van der Waals surface area contributed by atoms with E-state index in [9.17, 15) is 4.79 Å². The maximum Gasteiger partial charge on any atom is 0.150 e. The average Bonchev–Trinajstić information content (AvgIpc) is 2.68. The molecule has 0 saturated carbocycles. The minimum atomic E-state index is 0.794. The van der Waals surface area contributed by atoms with Crippen LogP contribution in [0.25, 0.3) is 17.2 Å². The normalized spacial score (nSPS) is 12.3. The number of rotatable bonds is 9. The monoisotopic (exact) mass is 360 g/mol. The van der Waals surface area contributed by atoms with Gasteiger partial charge < -0.3 is 0 Å². The zero-order valence-corrected chi connectivity index (χ0v) is 17.2. The van der Waals surface area contributed by atoms with Crippen molar-refractivity contribution in [3.8, 4) is 0 Å². The molecule has 27 heavy (non-hydrogen) atoms. The summed E-state index contributed by atoms with van der Waals surface area (Å²) in [5.41, 5.74) is 8.16. The Morgan fingerprint density at radius 2 is 1.78 bits per heavy atom. The first kappa shape index (κ1) is 20.9. The number of hydrogen-bond donors (Lipinski definition) is 0. The Bertz CT molecular complexity index is 824. The van der Waals surface area contributed by atoms with E-state index in [2.05, 4.69) is 76.2 Å². The van der Waals surface area contributed by atoms with Crippen molar-refractivity contribution in [2.24, 2.45) is 0 Å². The number of hydrogen-bond acceptors (Lipinski definition) is 1. The summed E-state index contributed by atoms with van der Waals surface area (Å²) >= 11 is 0. The summed E-state index contributed by atoms with van der Waals surface area (Å²) in [4.78, 5) is 11.7. The lowest BCUT2D eigenvalue weighted by molar-refractivity contribution is -0.103. The fraction of sp³-hybridized carbons (Fsp3) is 0.346. The number of allylic oxidation sites excluding steroid dienone is 3. The van der Waals surface area contributed by atoms with E-state index in [-0.39, 0.29) is 0 Å². The van der Waals surface area contributed by atoms with Crippen LogP contribution in [0.5, 0.6) is 0 Å². The van der Waals surface area contributed by atoms with E-state index < -0.39 is 0 Å². The van der Waals surface area contributed by atoms with Crippen LogP contribution in [0.2, 0.25) is 0 Å². The largest absolute Gasteiger partial charge is 0.298 e. The molecule has 1 nitrogen and oxygen atoms in total. The van der Waals surface area contributed by atoms with Gasteiger partial charge in [-0.1, -0.05) is 88.2 Å². The number of carbonyl (C=O) groups excluding carboxylic acids is 1. The lowest BCUT2D eigenvalue weighted by Crippen LogP contribution is -1.95. The van der Waals surface area contributed by atoms with Crippen LogP contribution in [-0.2, 0) is 11.2 Å². The number of carbonyl (C=O) groups is 1. The zero-order valence-electron chi connectivity index (χ0n) is 17.2. The van der Waals surface area contributed by atoms with Crippen molar-refractivity contribution in [1.82, 2.24) is 0 Å². The van der Waals surface area contributed by atoms with Crippen molar-refractivity contribution >= 4 is 23.5 Å². The van der Waals surface area contributed by atoms with Crippen LogP contribution in [0.15, 0.2) is 48.5 Å². The predicted octanol–water partition coefficient (Wildman–Crippen LogP) is 7.28. The van der Waals surface area contributed by atoms with Crippen LogP contribution in [-0.4, -0.2) is 6.29 Å². The van der Waals surface area contributed by atoms with Gasteiger partial charge in [-0.2, -0.15) is 0 Å². The topological polar surface area (TPSA) is 17.1 Å². The molecule has 0 aliphatic rings. The summed E-state index contributed by atoms with van der Waals surface area (Å²) in [6, 6.07) is 15.1. The molecule has 0 aliphatic carbocycles. The Morgan fingerprint density at radius 1 is 1.00 bits per heavy atom. The molecule has 0 atom stereocenters.